The van der Waals surface area contributed by atoms with Gasteiger partial charge < -0.3 is 15.2 Å². The van der Waals surface area contributed by atoms with Gasteiger partial charge in [-0.05, 0) is 37.8 Å². The summed E-state index contributed by atoms with van der Waals surface area (Å²) in [6.07, 6.45) is 5.14. The summed E-state index contributed by atoms with van der Waals surface area (Å²) in [5.41, 5.74) is 1.32. The summed E-state index contributed by atoms with van der Waals surface area (Å²) >= 11 is 0. The fourth-order valence-corrected chi connectivity index (χ4v) is 4.43. The van der Waals surface area contributed by atoms with E-state index in [1.54, 1.807) is 0 Å². The van der Waals surface area contributed by atoms with Gasteiger partial charge in [0.15, 0.2) is 0 Å². The quantitative estimate of drug-likeness (QED) is 0.691. The number of benzene rings is 1. The first-order valence-electron chi connectivity index (χ1n) is 11.0. The molecule has 1 amide bonds. The van der Waals surface area contributed by atoms with Crippen molar-refractivity contribution in [2.75, 3.05) is 39.3 Å². The number of aryl methyl sites for hydroxylation is 1. The van der Waals surface area contributed by atoms with Gasteiger partial charge in [0.2, 0.25) is 5.91 Å². The maximum absolute atomic E-state index is 12.4. The van der Waals surface area contributed by atoms with Crippen LogP contribution in [0.25, 0.3) is 0 Å². The Labute approximate surface area is 172 Å². The molecule has 2 aliphatic rings. The second kappa shape index (κ2) is 9.98. The Hall–Kier alpha value is -2.25. The van der Waals surface area contributed by atoms with E-state index in [0.717, 1.165) is 83.0 Å². The predicted molar refractivity (Wildman–Crippen MR) is 113 cm³/mol. The first-order chi connectivity index (χ1) is 14.3. The highest BCUT2D eigenvalue weighted by Crippen LogP contribution is 2.26. The monoisotopic (exact) mass is 396 g/mol. The lowest BCUT2D eigenvalue weighted by Crippen LogP contribution is -2.42. The number of likely N-dealkylation sites (tertiary alicyclic amines) is 1. The van der Waals surface area contributed by atoms with Crippen LogP contribution in [0.15, 0.2) is 30.3 Å². The molecule has 1 atom stereocenters. The minimum atomic E-state index is 0.128. The zero-order valence-corrected chi connectivity index (χ0v) is 17.1. The number of hydrogen-bond donors (Lipinski definition) is 2. The van der Waals surface area contributed by atoms with Gasteiger partial charge in [0, 0.05) is 45.1 Å². The minimum absolute atomic E-state index is 0.128. The van der Waals surface area contributed by atoms with Crippen LogP contribution < -0.4 is 10.6 Å². The molecule has 2 N–H and O–H groups in total. The Morgan fingerprint density at radius 1 is 1.17 bits per heavy atom. The Kier molecular flexibility index (Phi) is 6.90. The van der Waals surface area contributed by atoms with Crippen LogP contribution in [0, 0.1) is 0 Å². The number of nitrogens with one attached hydrogen (secondary N) is 2. The lowest BCUT2D eigenvalue weighted by Gasteiger charge is -2.31. The number of aromatic nitrogens is 3. The maximum atomic E-state index is 12.4. The Morgan fingerprint density at radius 3 is 2.97 bits per heavy atom. The van der Waals surface area contributed by atoms with E-state index in [4.69, 9.17) is 0 Å². The van der Waals surface area contributed by atoms with Gasteiger partial charge in [0.25, 0.3) is 0 Å². The molecule has 2 aromatic rings. The topological polar surface area (TPSA) is 75.1 Å². The fourth-order valence-electron chi connectivity index (χ4n) is 4.43. The van der Waals surface area contributed by atoms with Crippen molar-refractivity contribution in [3.63, 3.8) is 0 Å². The normalized spacial score (nSPS) is 20.1. The molecule has 156 valence electrons. The van der Waals surface area contributed by atoms with Crippen molar-refractivity contribution in [3.05, 3.63) is 47.5 Å². The number of fused-ring (bicyclic) bond motifs is 1. The number of carbonyl (C=O) groups is 1. The molecule has 1 aromatic heterocycles. The van der Waals surface area contributed by atoms with Crippen LogP contribution in [0.3, 0.4) is 0 Å². The van der Waals surface area contributed by atoms with E-state index in [0.29, 0.717) is 12.5 Å². The van der Waals surface area contributed by atoms with Gasteiger partial charge in [-0.25, -0.2) is 0 Å². The molecule has 1 unspecified atom stereocenters. The summed E-state index contributed by atoms with van der Waals surface area (Å²) in [5, 5.41) is 15.5. The first-order valence-corrected chi connectivity index (χ1v) is 11.0. The molecular weight excluding hydrogens is 364 g/mol. The summed E-state index contributed by atoms with van der Waals surface area (Å²) in [5.74, 6) is 2.70. The van der Waals surface area contributed by atoms with E-state index >= 15 is 0 Å². The second-order valence-corrected chi connectivity index (χ2v) is 8.14. The summed E-state index contributed by atoms with van der Waals surface area (Å²) in [6, 6.07) is 10.4. The molecule has 3 heterocycles. The van der Waals surface area contributed by atoms with Crippen molar-refractivity contribution in [2.45, 2.75) is 44.6 Å². The molecule has 1 fully saturated rings. The van der Waals surface area contributed by atoms with E-state index in [1.165, 1.54) is 5.56 Å². The van der Waals surface area contributed by atoms with E-state index in [9.17, 15) is 4.79 Å². The van der Waals surface area contributed by atoms with Crippen molar-refractivity contribution >= 4 is 5.91 Å². The van der Waals surface area contributed by atoms with E-state index < -0.39 is 0 Å². The largest absolute Gasteiger partial charge is 0.355 e. The summed E-state index contributed by atoms with van der Waals surface area (Å²) in [4.78, 5) is 14.7. The molecule has 0 aliphatic carbocycles. The predicted octanol–water partition coefficient (Wildman–Crippen LogP) is 1.35. The van der Waals surface area contributed by atoms with Gasteiger partial charge in [0.1, 0.15) is 11.6 Å². The number of piperidine rings is 1. The summed E-state index contributed by atoms with van der Waals surface area (Å²) < 4.78 is 2.30. The molecule has 7 heteroatoms. The Balaban J connectivity index is 1.23. The van der Waals surface area contributed by atoms with Gasteiger partial charge in [0.05, 0.1) is 6.54 Å². The fraction of sp³-hybridized carbons (Fsp3) is 0.591. The van der Waals surface area contributed by atoms with Crippen molar-refractivity contribution in [3.8, 4) is 0 Å². The molecule has 29 heavy (non-hydrogen) atoms. The van der Waals surface area contributed by atoms with E-state index in [-0.39, 0.29) is 5.91 Å². The number of rotatable bonds is 7. The third-order valence-electron chi connectivity index (χ3n) is 5.94. The molecule has 7 nitrogen and oxygen atoms in total. The molecule has 2 aliphatic heterocycles. The van der Waals surface area contributed by atoms with Crippen molar-refractivity contribution < 1.29 is 4.79 Å². The van der Waals surface area contributed by atoms with Crippen LogP contribution >= 0.6 is 0 Å². The smallest absolute Gasteiger partial charge is 0.234 e. The highest BCUT2D eigenvalue weighted by atomic mass is 16.2. The number of amides is 1. The molecule has 0 saturated carbocycles. The van der Waals surface area contributed by atoms with Crippen LogP contribution in [-0.2, 0) is 24.2 Å². The average Bonchev–Trinajstić information content (AvgIpc) is 3.00. The molecule has 0 bridgehead atoms. The second-order valence-electron chi connectivity index (χ2n) is 8.14. The molecule has 0 radical (unpaired) electrons. The maximum Gasteiger partial charge on any atom is 0.234 e. The van der Waals surface area contributed by atoms with Crippen molar-refractivity contribution in [2.24, 2.45) is 0 Å². The van der Waals surface area contributed by atoms with Crippen LogP contribution in [0.4, 0.5) is 0 Å². The molecule has 1 saturated heterocycles. The molecule has 0 spiro atoms. The van der Waals surface area contributed by atoms with Crippen LogP contribution in [-0.4, -0.2) is 64.8 Å². The van der Waals surface area contributed by atoms with Crippen LogP contribution in [0.1, 0.15) is 42.4 Å². The molecule has 1 aromatic carbocycles. The average molecular weight is 397 g/mol. The number of hydrogen-bond acceptors (Lipinski definition) is 5. The van der Waals surface area contributed by atoms with Gasteiger partial charge in [-0.2, -0.15) is 0 Å². The van der Waals surface area contributed by atoms with Crippen LogP contribution in [0.5, 0.6) is 0 Å². The number of nitrogens with zero attached hydrogens (tertiary/aromatic N) is 4. The standard InChI is InChI=1S/C22H32N6O/c29-21(24-11-4-8-18-6-2-1-3-7-18)17-27-14-5-9-19(16-27)22-26-25-20-10-12-23-13-15-28(20)22/h1-3,6-7,19,23H,4-5,8-17H2,(H,24,29). The van der Waals surface area contributed by atoms with Crippen LogP contribution in [0.2, 0.25) is 0 Å². The molecule has 4 rings (SSSR count). The van der Waals surface area contributed by atoms with E-state index in [2.05, 4.69) is 54.6 Å². The van der Waals surface area contributed by atoms with Gasteiger partial charge in [-0.3, -0.25) is 9.69 Å². The first kappa shape index (κ1) is 20.0. The number of carbonyl (C=O) groups excluding carboxylic acids is 1. The summed E-state index contributed by atoms with van der Waals surface area (Å²) in [6.45, 7) is 5.97. The zero-order chi connectivity index (χ0) is 19.9. The Bertz CT molecular complexity index is 790. The van der Waals surface area contributed by atoms with Gasteiger partial charge in [-0.15, -0.1) is 10.2 Å². The van der Waals surface area contributed by atoms with Crippen molar-refractivity contribution in [1.29, 1.82) is 0 Å². The third-order valence-corrected chi connectivity index (χ3v) is 5.94. The van der Waals surface area contributed by atoms with Gasteiger partial charge >= 0.3 is 0 Å². The minimum Gasteiger partial charge on any atom is -0.355 e. The lowest BCUT2D eigenvalue weighted by atomic mass is 9.97. The van der Waals surface area contributed by atoms with E-state index in [1.807, 2.05) is 6.07 Å². The SMILES string of the molecule is O=C(CN1CCCC(c2nnc3n2CCNCC3)C1)NCCCc1ccccc1. The zero-order valence-electron chi connectivity index (χ0n) is 17.1. The lowest BCUT2D eigenvalue weighted by molar-refractivity contribution is -0.122. The summed E-state index contributed by atoms with van der Waals surface area (Å²) in [7, 11) is 0. The highest BCUT2D eigenvalue weighted by Gasteiger charge is 2.28. The third kappa shape index (κ3) is 5.42. The van der Waals surface area contributed by atoms with Gasteiger partial charge in [-0.1, -0.05) is 30.3 Å². The van der Waals surface area contributed by atoms with Crippen molar-refractivity contribution in [1.82, 2.24) is 30.3 Å². The Morgan fingerprint density at radius 2 is 2.07 bits per heavy atom. The molecular formula is C22H32N6O. The highest BCUT2D eigenvalue weighted by molar-refractivity contribution is 5.78.